The fourth-order valence-electron chi connectivity index (χ4n) is 6.09. The van der Waals surface area contributed by atoms with Crippen molar-refractivity contribution in [2.45, 2.75) is 25.6 Å². The van der Waals surface area contributed by atoms with Crippen LogP contribution in [0.1, 0.15) is 44.7 Å². The summed E-state index contributed by atoms with van der Waals surface area (Å²) in [7, 11) is 0. The first-order chi connectivity index (χ1) is 20.2. The monoisotopic (exact) mass is 577 g/mol. The molecule has 3 aromatic rings. The van der Waals surface area contributed by atoms with E-state index in [4.69, 9.17) is 0 Å². The van der Waals surface area contributed by atoms with Gasteiger partial charge in [-0.3, -0.25) is 24.3 Å². The minimum atomic E-state index is -4.40. The standard InChI is InChI=1S/C31H30F3N5O3/c32-31(33,34)23-5-1-6-24(18-23)36-14-16-38(17-15-36)28(40)22-9-12-37(13-10-22)26-8-2-7-25-27(26)30(42)39(29(25)41)20-21-4-3-11-35-19-21/h1-8,11,18-19,22H,9-10,12-17,20H2. The van der Waals surface area contributed by atoms with Crippen molar-refractivity contribution >= 4 is 29.1 Å². The average Bonchev–Trinajstić information content (AvgIpc) is 3.26. The number of amides is 3. The van der Waals surface area contributed by atoms with Crippen LogP contribution in [0.3, 0.4) is 0 Å². The largest absolute Gasteiger partial charge is 0.416 e. The molecule has 0 aliphatic carbocycles. The first-order valence-corrected chi connectivity index (χ1v) is 14.0. The summed E-state index contributed by atoms with van der Waals surface area (Å²) < 4.78 is 39.4. The van der Waals surface area contributed by atoms with E-state index in [1.54, 1.807) is 36.7 Å². The highest BCUT2D eigenvalue weighted by molar-refractivity contribution is 6.23. The molecule has 0 saturated carbocycles. The highest BCUT2D eigenvalue weighted by atomic mass is 19.4. The van der Waals surface area contributed by atoms with Crippen LogP contribution < -0.4 is 9.80 Å². The molecule has 11 heteroatoms. The first kappa shape index (κ1) is 27.7. The van der Waals surface area contributed by atoms with Crippen LogP contribution in [-0.2, 0) is 17.5 Å². The number of carbonyl (C=O) groups excluding carboxylic acids is 3. The number of nitrogens with zero attached hydrogens (tertiary/aromatic N) is 5. The Balaban J connectivity index is 1.06. The van der Waals surface area contributed by atoms with Gasteiger partial charge >= 0.3 is 6.18 Å². The number of fused-ring (bicyclic) bond motifs is 1. The number of imide groups is 1. The molecule has 2 aromatic carbocycles. The number of piperazine rings is 1. The van der Waals surface area contributed by atoms with Gasteiger partial charge in [0.05, 0.1) is 28.9 Å². The van der Waals surface area contributed by atoms with Crippen LogP contribution in [-0.4, -0.2) is 71.8 Å². The Kier molecular flexibility index (Phi) is 7.34. The van der Waals surface area contributed by atoms with Crippen LogP contribution in [0.15, 0.2) is 67.0 Å². The third-order valence-electron chi connectivity index (χ3n) is 8.36. The van der Waals surface area contributed by atoms with Gasteiger partial charge in [0, 0.05) is 63.3 Å². The van der Waals surface area contributed by atoms with Gasteiger partial charge in [0.15, 0.2) is 0 Å². The summed E-state index contributed by atoms with van der Waals surface area (Å²) in [5.74, 6) is -0.760. The molecule has 0 unspecified atom stereocenters. The molecule has 1 aromatic heterocycles. The number of anilines is 2. The second kappa shape index (κ2) is 11.1. The van der Waals surface area contributed by atoms with Crippen LogP contribution in [0, 0.1) is 5.92 Å². The molecule has 0 spiro atoms. The maximum absolute atomic E-state index is 13.4. The molecular weight excluding hydrogens is 547 g/mol. The molecule has 2 fully saturated rings. The lowest BCUT2D eigenvalue weighted by Crippen LogP contribution is -2.51. The van der Waals surface area contributed by atoms with E-state index in [9.17, 15) is 27.6 Å². The number of aromatic nitrogens is 1. The van der Waals surface area contributed by atoms with Crippen molar-refractivity contribution in [3.05, 3.63) is 89.2 Å². The van der Waals surface area contributed by atoms with Crippen molar-refractivity contribution in [1.82, 2.24) is 14.8 Å². The number of alkyl halides is 3. The van der Waals surface area contributed by atoms with Gasteiger partial charge in [-0.25, -0.2) is 0 Å². The van der Waals surface area contributed by atoms with Gasteiger partial charge in [0.2, 0.25) is 5.91 Å². The smallest absolute Gasteiger partial charge is 0.371 e. The zero-order valence-electron chi connectivity index (χ0n) is 22.9. The molecule has 0 N–H and O–H groups in total. The molecule has 0 atom stereocenters. The van der Waals surface area contributed by atoms with E-state index >= 15 is 0 Å². The van der Waals surface area contributed by atoms with Gasteiger partial charge in [-0.05, 0) is 54.8 Å². The lowest BCUT2D eigenvalue weighted by atomic mass is 9.93. The lowest BCUT2D eigenvalue weighted by Gasteiger charge is -2.40. The van der Waals surface area contributed by atoms with Crippen LogP contribution in [0.4, 0.5) is 24.5 Å². The maximum Gasteiger partial charge on any atom is 0.416 e. The van der Waals surface area contributed by atoms with E-state index < -0.39 is 11.7 Å². The fraction of sp³-hybridized carbons (Fsp3) is 0.355. The van der Waals surface area contributed by atoms with E-state index in [2.05, 4.69) is 9.88 Å². The topological polar surface area (TPSA) is 77.1 Å². The summed E-state index contributed by atoms with van der Waals surface area (Å²) in [6.07, 6.45) is 0.0941. The van der Waals surface area contributed by atoms with E-state index in [0.29, 0.717) is 74.6 Å². The summed E-state index contributed by atoms with van der Waals surface area (Å²) in [6.45, 7) is 3.12. The molecule has 6 rings (SSSR count). The molecule has 8 nitrogen and oxygen atoms in total. The highest BCUT2D eigenvalue weighted by Crippen LogP contribution is 2.35. The Morgan fingerprint density at radius 1 is 0.857 bits per heavy atom. The van der Waals surface area contributed by atoms with E-state index in [-0.39, 0.29) is 30.2 Å². The molecule has 218 valence electrons. The van der Waals surface area contributed by atoms with Crippen LogP contribution >= 0.6 is 0 Å². The summed E-state index contributed by atoms with van der Waals surface area (Å²) >= 11 is 0. The molecule has 3 aliphatic rings. The van der Waals surface area contributed by atoms with Gasteiger partial charge in [-0.15, -0.1) is 0 Å². The van der Waals surface area contributed by atoms with Crippen LogP contribution in [0.25, 0.3) is 0 Å². The number of rotatable bonds is 5. The van der Waals surface area contributed by atoms with Gasteiger partial charge in [0.25, 0.3) is 11.8 Å². The number of carbonyl (C=O) groups is 3. The Hall–Kier alpha value is -4.41. The third kappa shape index (κ3) is 5.31. The number of halogens is 3. The number of pyridine rings is 1. The zero-order valence-corrected chi connectivity index (χ0v) is 22.9. The predicted octanol–water partition coefficient (Wildman–Crippen LogP) is 4.46. The SMILES string of the molecule is O=C(C1CCN(c2cccc3c2C(=O)N(Cc2cccnc2)C3=O)CC1)N1CCN(c2cccc(C(F)(F)F)c2)CC1. The second-order valence-corrected chi connectivity index (χ2v) is 10.9. The minimum Gasteiger partial charge on any atom is -0.371 e. The Labute approximate surface area is 241 Å². The van der Waals surface area contributed by atoms with Gasteiger partial charge in [0.1, 0.15) is 0 Å². The maximum atomic E-state index is 13.4. The van der Waals surface area contributed by atoms with Gasteiger partial charge in [-0.1, -0.05) is 18.2 Å². The Morgan fingerprint density at radius 3 is 2.29 bits per heavy atom. The van der Waals surface area contributed by atoms with Crippen LogP contribution in [0.5, 0.6) is 0 Å². The lowest BCUT2D eigenvalue weighted by molar-refractivity contribution is -0.137. The number of benzene rings is 2. The predicted molar refractivity (Wildman–Crippen MR) is 150 cm³/mol. The fourth-order valence-corrected chi connectivity index (χ4v) is 6.09. The molecule has 3 amide bonds. The normalized spacial score (nSPS) is 18.1. The van der Waals surface area contributed by atoms with Crippen molar-refractivity contribution in [1.29, 1.82) is 0 Å². The van der Waals surface area contributed by atoms with Gasteiger partial charge < -0.3 is 14.7 Å². The molecule has 3 aliphatic heterocycles. The molecule has 0 bridgehead atoms. The summed E-state index contributed by atoms with van der Waals surface area (Å²) in [5, 5.41) is 0. The van der Waals surface area contributed by atoms with Crippen molar-refractivity contribution < 1.29 is 27.6 Å². The van der Waals surface area contributed by atoms with Crippen molar-refractivity contribution in [2.75, 3.05) is 49.1 Å². The third-order valence-corrected chi connectivity index (χ3v) is 8.36. The van der Waals surface area contributed by atoms with E-state index in [1.165, 1.54) is 11.0 Å². The minimum absolute atomic E-state index is 0.0607. The number of piperidine rings is 1. The van der Waals surface area contributed by atoms with E-state index in [0.717, 1.165) is 17.7 Å². The Bertz CT molecular complexity index is 1500. The summed E-state index contributed by atoms with van der Waals surface area (Å²) in [4.78, 5) is 50.9. The van der Waals surface area contributed by atoms with Crippen molar-refractivity contribution in [3.8, 4) is 0 Å². The molecule has 0 radical (unpaired) electrons. The van der Waals surface area contributed by atoms with Crippen molar-refractivity contribution in [2.24, 2.45) is 5.92 Å². The second-order valence-electron chi connectivity index (χ2n) is 10.9. The number of hydrogen-bond acceptors (Lipinski definition) is 6. The summed E-state index contributed by atoms with van der Waals surface area (Å²) in [5.41, 5.74) is 2.10. The number of hydrogen-bond donors (Lipinski definition) is 0. The molecule has 2 saturated heterocycles. The van der Waals surface area contributed by atoms with Crippen LogP contribution in [0.2, 0.25) is 0 Å². The Morgan fingerprint density at radius 2 is 1.60 bits per heavy atom. The quantitative estimate of drug-likeness (QED) is 0.417. The van der Waals surface area contributed by atoms with Crippen molar-refractivity contribution in [3.63, 3.8) is 0 Å². The zero-order chi connectivity index (χ0) is 29.4. The highest BCUT2D eigenvalue weighted by Gasteiger charge is 2.39. The molecule has 4 heterocycles. The molecular formula is C31H30F3N5O3. The summed E-state index contributed by atoms with van der Waals surface area (Å²) in [6, 6.07) is 14.2. The first-order valence-electron chi connectivity index (χ1n) is 14.0. The van der Waals surface area contributed by atoms with Gasteiger partial charge in [-0.2, -0.15) is 13.2 Å². The van der Waals surface area contributed by atoms with E-state index in [1.807, 2.05) is 21.9 Å². The molecule has 42 heavy (non-hydrogen) atoms. The average molecular weight is 578 g/mol.